The Morgan fingerprint density at radius 3 is 2.70 bits per heavy atom. The van der Waals surface area contributed by atoms with Crippen LogP contribution in [0.25, 0.3) is 0 Å². The van der Waals surface area contributed by atoms with Crippen LogP contribution in [0.1, 0.15) is 18.1 Å². The van der Waals surface area contributed by atoms with Crippen LogP contribution in [0.5, 0.6) is 11.5 Å². The first-order chi connectivity index (χ1) is 9.83. The largest absolute Gasteiger partial charge is 0.486 e. The molecule has 2 aliphatic heterocycles. The van der Waals surface area contributed by atoms with Crippen molar-refractivity contribution in [3.63, 3.8) is 0 Å². The second kappa shape index (κ2) is 6.43. The maximum Gasteiger partial charge on any atom is 0.161 e. The van der Waals surface area contributed by atoms with Gasteiger partial charge in [0, 0.05) is 32.7 Å². The number of nitrogens with one attached hydrogen (secondary N) is 1. The zero-order chi connectivity index (χ0) is 13.8. The van der Waals surface area contributed by atoms with E-state index in [9.17, 15) is 5.11 Å². The van der Waals surface area contributed by atoms with E-state index in [-0.39, 0.29) is 0 Å². The van der Waals surface area contributed by atoms with Gasteiger partial charge in [0.2, 0.25) is 0 Å². The van der Waals surface area contributed by atoms with Crippen molar-refractivity contribution >= 4 is 0 Å². The van der Waals surface area contributed by atoms with Gasteiger partial charge in [0.1, 0.15) is 13.2 Å². The van der Waals surface area contributed by atoms with E-state index in [4.69, 9.17) is 9.47 Å². The van der Waals surface area contributed by atoms with Crippen LogP contribution in [-0.2, 0) is 0 Å². The number of rotatable bonds is 4. The van der Waals surface area contributed by atoms with Crippen molar-refractivity contribution in [3.8, 4) is 11.5 Å². The number of ether oxygens (including phenoxy) is 2. The van der Waals surface area contributed by atoms with Crippen molar-refractivity contribution in [3.05, 3.63) is 23.8 Å². The zero-order valence-corrected chi connectivity index (χ0v) is 11.7. The molecule has 1 atom stereocenters. The smallest absolute Gasteiger partial charge is 0.161 e. The van der Waals surface area contributed by atoms with E-state index in [0.29, 0.717) is 13.2 Å². The monoisotopic (exact) mass is 278 g/mol. The van der Waals surface area contributed by atoms with E-state index in [1.54, 1.807) is 0 Å². The van der Waals surface area contributed by atoms with E-state index < -0.39 is 6.10 Å². The van der Waals surface area contributed by atoms with Crippen molar-refractivity contribution in [2.45, 2.75) is 12.5 Å². The van der Waals surface area contributed by atoms with Gasteiger partial charge in [0.15, 0.2) is 11.5 Å². The lowest BCUT2D eigenvalue weighted by molar-refractivity contribution is 0.135. The number of hydrogen-bond acceptors (Lipinski definition) is 5. The Bertz CT molecular complexity index is 447. The van der Waals surface area contributed by atoms with Gasteiger partial charge in [0.05, 0.1) is 6.10 Å². The van der Waals surface area contributed by atoms with Crippen LogP contribution in [0.3, 0.4) is 0 Å². The van der Waals surface area contributed by atoms with Crippen molar-refractivity contribution in [2.24, 2.45) is 0 Å². The molecule has 1 aromatic rings. The number of aliphatic hydroxyl groups excluding tert-OH is 1. The van der Waals surface area contributed by atoms with Gasteiger partial charge in [-0.15, -0.1) is 0 Å². The van der Waals surface area contributed by atoms with Crippen LogP contribution < -0.4 is 14.8 Å². The maximum absolute atomic E-state index is 10.3. The van der Waals surface area contributed by atoms with Crippen molar-refractivity contribution < 1.29 is 14.6 Å². The first kappa shape index (κ1) is 13.7. The number of nitrogens with zero attached hydrogens (tertiary/aromatic N) is 1. The van der Waals surface area contributed by atoms with Crippen molar-refractivity contribution in [2.75, 3.05) is 45.9 Å². The summed E-state index contributed by atoms with van der Waals surface area (Å²) in [6.07, 6.45) is 0.306. The maximum atomic E-state index is 10.3. The number of piperazine rings is 1. The molecule has 0 aromatic heterocycles. The molecular formula is C15H22N2O3. The molecule has 2 aliphatic rings. The minimum absolute atomic E-state index is 0.444. The van der Waals surface area contributed by atoms with Gasteiger partial charge in [-0.25, -0.2) is 0 Å². The molecule has 110 valence electrons. The summed E-state index contributed by atoms with van der Waals surface area (Å²) in [5.74, 6) is 1.52. The molecule has 2 heterocycles. The first-order valence-corrected chi connectivity index (χ1v) is 7.33. The summed E-state index contributed by atoms with van der Waals surface area (Å²) < 4.78 is 11.0. The van der Waals surface area contributed by atoms with Gasteiger partial charge in [-0.3, -0.25) is 0 Å². The molecule has 0 aliphatic carbocycles. The van der Waals surface area contributed by atoms with Gasteiger partial charge < -0.3 is 24.8 Å². The van der Waals surface area contributed by atoms with Crippen LogP contribution in [-0.4, -0.2) is 55.9 Å². The van der Waals surface area contributed by atoms with Crippen LogP contribution >= 0.6 is 0 Å². The molecule has 1 unspecified atom stereocenters. The molecule has 0 saturated carbocycles. The van der Waals surface area contributed by atoms with Crippen LogP contribution in [0.15, 0.2) is 18.2 Å². The lowest BCUT2D eigenvalue weighted by Crippen LogP contribution is -2.44. The Morgan fingerprint density at radius 1 is 1.15 bits per heavy atom. The van der Waals surface area contributed by atoms with E-state index in [1.165, 1.54) is 0 Å². The fourth-order valence-corrected chi connectivity index (χ4v) is 2.67. The molecule has 0 amide bonds. The Balaban J connectivity index is 1.57. The molecule has 5 nitrogen and oxygen atoms in total. The average molecular weight is 278 g/mol. The molecule has 2 N–H and O–H groups in total. The van der Waals surface area contributed by atoms with Crippen LogP contribution in [0, 0.1) is 0 Å². The Kier molecular flexibility index (Phi) is 4.40. The van der Waals surface area contributed by atoms with Crippen LogP contribution in [0.4, 0.5) is 0 Å². The molecule has 0 radical (unpaired) electrons. The third-order valence-electron chi connectivity index (χ3n) is 3.88. The highest BCUT2D eigenvalue weighted by Crippen LogP contribution is 2.33. The fraction of sp³-hybridized carbons (Fsp3) is 0.600. The summed E-state index contributed by atoms with van der Waals surface area (Å²) in [5, 5.41) is 13.6. The predicted molar refractivity (Wildman–Crippen MR) is 76.3 cm³/mol. The molecule has 0 spiro atoms. The zero-order valence-electron chi connectivity index (χ0n) is 11.7. The first-order valence-electron chi connectivity index (χ1n) is 7.33. The summed E-state index contributed by atoms with van der Waals surface area (Å²) in [7, 11) is 0. The Labute approximate surface area is 119 Å². The molecule has 0 bridgehead atoms. The van der Waals surface area contributed by atoms with Crippen LogP contribution in [0.2, 0.25) is 0 Å². The molecule has 3 rings (SSSR count). The lowest BCUT2D eigenvalue weighted by atomic mass is 10.1. The second-order valence-corrected chi connectivity index (χ2v) is 5.30. The molecular weight excluding hydrogens is 256 g/mol. The number of aliphatic hydroxyl groups is 1. The second-order valence-electron chi connectivity index (χ2n) is 5.30. The fourth-order valence-electron chi connectivity index (χ4n) is 2.67. The van der Waals surface area contributed by atoms with Gasteiger partial charge >= 0.3 is 0 Å². The summed E-state index contributed by atoms with van der Waals surface area (Å²) >= 11 is 0. The predicted octanol–water partition coefficient (Wildman–Crippen LogP) is 0.786. The quantitative estimate of drug-likeness (QED) is 0.853. The normalized spacial score (nSPS) is 20.6. The summed E-state index contributed by atoms with van der Waals surface area (Å²) in [6.45, 7) is 6.31. The van der Waals surface area contributed by atoms with E-state index >= 15 is 0 Å². The third kappa shape index (κ3) is 3.23. The summed E-state index contributed by atoms with van der Waals surface area (Å²) in [6, 6.07) is 5.71. The van der Waals surface area contributed by atoms with E-state index in [1.807, 2.05) is 18.2 Å². The highest BCUT2D eigenvalue weighted by Gasteiger charge is 2.17. The molecule has 20 heavy (non-hydrogen) atoms. The van der Waals surface area contributed by atoms with Gasteiger partial charge in [-0.2, -0.15) is 0 Å². The molecule has 5 heteroatoms. The molecule has 1 fully saturated rings. The van der Waals surface area contributed by atoms with Crippen molar-refractivity contribution in [1.29, 1.82) is 0 Å². The highest BCUT2D eigenvalue weighted by atomic mass is 16.6. The average Bonchev–Trinajstić information content (AvgIpc) is 2.53. The molecule has 1 aromatic carbocycles. The van der Waals surface area contributed by atoms with Gasteiger partial charge in [-0.1, -0.05) is 6.07 Å². The standard InChI is InChI=1S/C15H22N2O3/c18-13(3-6-17-7-4-16-5-8-17)12-1-2-14-15(11-12)20-10-9-19-14/h1-2,11,13,16,18H,3-10H2. The minimum Gasteiger partial charge on any atom is -0.486 e. The summed E-state index contributed by atoms with van der Waals surface area (Å²) in [5.41, 5.74) is 0.907. The summed E-state index contributed by atoms with van der Waals surface area (Å²) in [4.78, 5) is 2.39. The number of hydrogen-bond donors (Lipinski definition) is 2. The number of benzene rings is 1. The van der Waals surface area contributed by atoms with Crippen molar-refractivity contribution in [1.82, 2.24) is 10.2 Å². The van der Waals surface area contributed by atoms with E-state index in [0.717, 1.165) is 56.2 Å². The SMILES string of the molecule is OC(CCN1CCNCC1)c1ccc2c(c1)OCCO2. The lowest BCUT2D eigenvalue weighted by Gasteiger charge is -2.28. The van der Waals surface area contributed by atoms with Gasteiger partial charge in [0.25, 0.3) is 0 Å². The number of fused-ring (bicyclic) bond motifs is 1. The van der Waals surface area contributed by atoms with E-state index in [2.05, 4.69) is 10.2 Å². The highest BCUT2D eigenvalue weighted by molar-refractivity contribution is 5.44. The minimum atomic E-state index is -0.444. The Hall–Kier alpha value is -1.30. The topological polar surface area (TPSA) is 54.0 Å². The third-order valence-corrected chi connectivity index (χ3v) is 3.88. The molecule has 1 saturated heterocycles. The van der Waals surface area contributed by atoms with Gasteiger partial charge in [-0.05, 0) is 24.1 Å². The Morgan fingerprint density at radius 2 is 1.90 bits per heavy atom.